The monoisotopic (exact) mass is 600 g/mol. The minimum Gasteiger partial charge on any atom is -0.228 e. The third kappa shape index (κ3) is 4.33. The van der Waals surface area contributed by atoms with Crippen molar-refractivity contribution in [3.63, 3.8) is 0 Å². The molecule has 0 fully saturated rings. The average Bonchev–Trinajstić information content (AvgIpc) is 3.39. The van der Waals surface area contributed by atoms with E-state index in [2.05, 4.69) is 166 Å². The van der Waals surface area contributed by atoms with Crippen LogP contribution in [0.5, 0.6) is 0 Å². The molecule has 0 spiro atoms. The first kappa shape index (κ1) is 27.5. The lowest BCUT2D eigenvalue weighted by Gasteiger charge is -2.25. The molecule has 1 aromatic heterocycles. The van der Waals surface area contributed by atoms with Gasteiger partial charge >= 0.3 is 0 Å². The molecule has 0 saturated carbocycles. The molecular weight excluding hydrogens is 569 g/mol. The zero-order chi connectivity index (χ0) is 31.5. The standard InChI is InChI=1S/C45H32N2/c1-45(2)40-38-26-12-10-24-36(38)35-23-9-11-25-37(35)39(40)43-41(45)42(46-44(47-43)30-17-7-4-8-18-30)34-22-14-21-33(28-34)32-20-13-19-31(27-32)29-15-5-3-6-16-29/h3-28H,1-2H3. The normalized spacial score (nSPS) is 13.1. The largest absolute Gasteiger partial charge is 0.228 e. The Morgan fingerprint density at radius 2 is 0.809 bits per heavy atom. The van der Waals surface area contributed by atoms with Gasteiger partial charge in [-0.05, 0) is 61.5 Å². The Bertz CT molecular complexity index is 2480. The molecule has 0 aliphatic heterocycles. The van der Waals surface area contributed by atoms with Crippen LogP contribution in [0.25, 0.3) is 77.7 Å². The maximum atomic E-state index is 5.42. The summed E-state index contributed by atoms with van der Waals surface area (Å²) < 4.78 is 0. The third-order valence-electron chi connectivity index (χ3n) is 9.80. The van der Waals surface area contributed by atoms with Crippen LogP contribution in [-0.2, 0) is 5.41 Å². The molecule has 0 unspecified atom stereocenters. The lowest BCUT2D eigenvalue weighted by Crippen LogP contribution is -2.18. The van der Waals surface area contributed by atoms with Gasteiger partial charge in [0.25, 0.3) is 0 Å². The van der Waals surface area contributed by atoms with Crippen molar-refractivity contribution in [3.8, 4) is 56.2 Å². The highest BCUT2D eigenvalue weighted by molar-refractivity contribution is 6.18. The van der Waals surface area contributed by atoms with Gasteiger partial charge in [-0.2, -0.15) is 0 Å². The van der Waals surface area contributed by atoms with Crippen LogP contribution in [-0.4, -0.2) is 9.97 Å². The Morgan fingerprint density at radius 1 is 0.362 bits per heavy atom. The summed E-state index contributed by atoms with van der Waals surface area (Å²) in [5.41, 5.74) is 12.3. The predicted octanol–water partition coefficient (Wildman–Crippen LogP) is 11.8. The van der Waals surface area contributed by atoms with Crippen LogP contribution in [0.15, 0.2) is 158 Å². The number of rotatable bonds is 4. The predicted molar refractivity (Wildman–Crippen MR) is 196 cm³/mol. The fourth-order valence-corrected chi connectivity index (χ4v) is 7.68. The van der Waals surface area contributed by atoms with E-state index in [-0.39, 0.29) is 5.41 Å². The molecule has 0 bridgehead atoms. The highest BCUT2D eigenvalue weighted by Crippen LogP contribution is 2.56. The first-order valence-electron chi connectivity index (χ1n) is 16.3. The van der Waals surface area contributed by atoms with Gasteiger partial charge in [0.15, 0.2) is 5.82 Å². The summed E-state index contributed by atoms with van der Waals surface area (Å²) in [7, 11) is 0. The molecule has 1 aliphatic carbocycles. The molecule has 7 aromatic carbocycles. The second-order valence-electron chi connectivity index (χ2n) is 13.0. The molecule has 1 aliphatic rings. The van der Waals surface area contributed by atoms with E-state index in [9.17, 15) is 0 Å². The number of hydrogen-bond donors (Lipinski definition) is 0. The first-order chi connectivity index (χ1) is 23.1. The van der Waals surface area contributed by atoms with Gasteiger partial charge in [0.05, 0.1) is 11.4 Å². The summed E-state index contributed by atoms with van der Waals surface area (Å²) in [6, 6.07) is 56.3. The van der Waals surface area contributed by atoms with E-state index < -0.39 is 0 Å². The van der Waals surface area contributed by atoms with Gasteiger partial charge in [0, 0.05) is 27.7 Å². The fourth-order valence-electron chi connectivity index (χ4n) is 7.68. The summed E-state index contributed by atoms with van der Waals surface area (Å²) >= 11 is 0. The van der Waals surface area contributed by atoms with E-state index in [0.717, 1.165) is 33.9 Å². The van der Waals surface area contributed by atoms with E-state index in [1.165, 1.54) is 54.9 Å². The minimum atomic E-state index is -0.331. The van der Waals surface area contributed by atoms with Crippen molar-refractivity contribution >= 4 is 21.5 Å². The van der Waals surface area contributed by atoms with Gasteiger partial charge in [-0.3, -0.25) is 0 Å². The highest BCUT2D eigenvalue weighted by Gasteiger charge is 2.42. The number of nitrogens with zero attached hydrogens (tertiary/aromatic N) is 2. The van der Waals surface area contributed by atoms with E-state index in [4.69, 9.17) is 9.97 Å². The molecule has 0 radical (unpaired) electrons. The van der Waals surface area contributed by atoms with Gasteiger partial charge < -0.3 is 0 Å². The lowest BCUT2D eigenvalue weighted by molar-refractivity contribution is 0.664. The molecule has 47 heavy (non-hydrogen) atoms. The number of hydrogen-bond acceptors (Lipinski definition) is 2. The Morgan fingerprint density at radius 3 is 1.47 bits per heavy atom. The Labute approximate surface area is 275 Å². The average molecular weight is 601 g/mol. The molecule has 2 heteroatoms. The van der Waals surface area contributed by atoms with Crippen molar-refractivity contribution in [3.05, 3.63) is 169 Å². The first-order valence-corrected chi connectivity index (χ1v) is 16.3. The summed E-state index contributed by atoms with van der Waals surface area (Å²) in [6.07, 6.45) is 0. The summed E-state index contributed by atoms with van der Waals surface area (Å²) in [4.78, 5) is 10.8. The number of benzene rings is 7. The second-order valence-corrected chi connectivity index (χ2v) is 13.0. The van der Waals surface area contributed by atoms with Crippen molar-refractivity contribution in [1.29, 1.82) is 0 Å². The molecular formula is C45H32N2. The smallest absolute Gasteiger partial charge is 0.160 e. The highest BCUT2D eigenvalue weighted by atomic mass is 14.9. The van der Waals surface area contributed by atoms with Crippen molar-refractivity contribution in [1.82, 2.24) is 9.97 Å². The molecule has 0 atom stereocenters. The van der Waals surface area contributed by atoms with Crippen LogP contribution in [0.2, 0.25) is 0 Å². The molecule has 0 amide bonds. The number of aromatic nitrogens is 2. The van der Waals surface area contributed by atoms with Crippen LogP contribution >= 0.6 is 0 Å². The van der Waals surface area contributed by atoms with Gasteiger partial charge in [-0.25, -0.2) is 9.97 Å². The SMILES string of the molecule is CC1(C)c2c(-c3cccc(-c4cccc(-c5ccccc5)c4)c3)nc(-c3ccccc3)nc2-c2c1c1ccccc1c1ccccc21. The maximum absolute atomic E-state index is 5.42. The quantitative estimate of drug-likeness (QED) is 0.188. The topological polar surface area (TPSA) is 25.8 Å². The van der Waals surface area contributed by atoms with Crippen LogP contribution in [0.4, 0.5) is 0 Å². The second kappa shape index (κ2) is 10.6. The van der Waals surface area contributed by atoms with E-state index in [1.807, 2.05) is 6.07 Å². The van der Waals surface area contributed by atoms with Gasteiger partial charge in [-0.1, -0.05) is 159 Å². The maximum Gasteiger partial charge on any atom is 0.160 e. The van der Waals surface area contributed by atoms with Gasteiger partial charge in [0.1, 0.15) is 0 Å². The molecule has 8 aromatic rings. The van der Waals surface area contributed by atoms with Gasteiger partial charge in [0.2, 0.25) is 0 Å². The number of fused-ring (bicyclic) bond motifs is 8. The third-order valence-corrected chi connectivity index (χ3v) is 9.80. The molecule has 1 heterocycles. The lowest BCUT2D eigenvalue weighted by atomic mass is 9.78. The summed E-state index contributed by atoms with van der Waals surface area (Å²) in [6.45, 7) is 4.70. The van der Waals surface area contributed by atoms with Crippen LogP contribution in [0, 0.1) is 0 Å². The van der Waals surface area contributed by atoms with Crippen LogP contribution in [0.1, 0.15) is 25.0 Å². The minimum absolute atomic E-state index is 0.331. The summed E-state index contributed by atoms with van der Waals surface area (Å²) in [5.74, 6) is 0.747. The van der Waals surface area contributed by atoms with Crippen molar-refractivity contribution < 1.29 is 0 Å². The van der Waals surface area contributed by atoms with Crippen molar-refractivity contribution in [2.24, 2.45) is 0 Å². The molecule has 222 valence electrons. The molecule has 0 N–H and O–H groups in total. The zero-order valence-electron chi connectivity index (χ0n) is 26.4. The van der Waals surface area contributed by atoms with Crippen molar-refractivity contribution in [2.45, 2.75) is 19.3 Å². The van der Waals surface area contributed by atoms with Gasteiger partial charge in [-0.15, -0.1) is 0 Å². The molecule has 0 saturated heterocycles. The summed E-state index contributed by atoms with van der Waals surface area (Å²) in [5, 5.41) is 5.05. The molecule has 9 rings (SSSR count). The van der Waals surface area contributed by atoms with E-state index in [0.29, 0.717) is 0 Å². The van der Waals surface area contributed by atoms with Crippen LogP contribution < -0.4 is 0 Å². The zero-order valence-corrected chi connectivity index (χ0v) is 26.4. The molecule has 2 nitrogen and oxygen atoms in total. The Hall–Kier alpha value is -5.86. The Kier molecular flexibility index (Phi) is 6.20. The Balaban J connectivity index is 1.32. The van der Waals surface area contributed by atoms with Crippen molar-refractivity contribution in [2.75, 3.05) is 0 Å². The van der Waals surface area contributed by atoms with Crippen LogP contribution in [0.3, 0.4) is 0 Å². The van der Waals surface area contributed by atoms with E-state index in [1.54, 1.807) is 0 Å². The van der Waals surface area contributed by atoms with E-state index >= 15 is 0 Å². The fraction of sp³-hybridized carbons (Fsp3) is 0.0667.